The van der Waals surface area contributed by atoms with Crippen LogP contribution in [0.2, 0.25) is 0 Å². The first-order chi connectivity index (χ1) is 37.7. The van der Waals surface area contributed by atoms with E-state index in [-0.39, 0.29) is 19.4 Å². The van der Waals surface area contributed by atoms with Crippen LogP contribution >= 0.6 is 0 Å². The third kappa shape index (κ3) is 41.1. The van der Waals surface area contributed by atoms with Crippen molar-refractivity contribution in [2.24, 2.45) is 0 Å². The van der Waals surface area contributed by atoms with E-state index in [2.05, 4.69) is 111 Å². The van der Waals surface area contributed by atoms with Crippen LogP contribution in [0, 0.1) is 0 Å². The van der Waals surface area contributed by atoms with Crippen LogP contribution in [0.4, 0.5) is 0 Å². The molecule has 0 radical (unpaired) electrons. The van der Waals surface area contributed by atoms with Crippen molar-refractivity contribution in [3.63, 3.8) is 0 Å². The van der Waals surface area contributed by atoms with E-state index >= 15 is 0 Å². The van der Waals surface area contributed by atoms with Gasteiger partial charge in [-0.1, -0.05) is 233 Å². The molecule has 1 aliphatic heterocycles. The molecule has 1 saturated heterocycles. The summed E-state index contributed by atoms with van der Waals surface area (Å²) >= 11 is 0. The summed E-state index contributed by atoms with van der Waals surface area (Å²) in [6.07, 6.45) is 61.3. The average Bonchev–Trinajstić information content (AvgIpc) is 3.43. The maximum atomic E-state index is 13.4. The van der Waals surface area contributed by atoms with E-state index < -0.39 is 67.4 Å². The summed E-state index contributed by atoms with van der Waals surface area (Å²) in [5.74, 6) is -1.28. The van der Waals surface area contributed by atoms with Crippen molar-refractivity contribution in [1.29, 1.82) is 0 Å². The molecular weight excluding hydrogens is 967 g/mol. The lowest BCUT2D eigenvalue weighted by Crippen LogP contribution is -2.61. The second-order valence-electron chi connectivity index (χ2n) is 20.7. The number of esters is 1. The quantitative estimate of drug-likeness (QED) is 0.0195. The molecule has 0 aromatic rings. The molecule has 440 valence electrons. The molecule has 1 aliphatic rings. The zero-order valence-electron chi connectivity index (χ0n) is 48.5. The van der Waals surface area contributed by atoms with Crippen molar-refractivity contribution in [1.82, 2.24) is 5.32 Å². The highest BCUT2D eigenvalue weighted by atomic mass is 16.7. The molecule has 77 heavy (non-hydrogen) atoms. The molecule has 0 aromatic carbocycles. The van der Waals surface area contributed by atoms with Gasteiger partial charge in [0.15, 0.2) is 12.4 Å². The van der Waals surface area contributed by atoms with Gasteiger partial charge in [-0.3, -0.25) is 9.59 Å². The molecular formula is C66H111NO10. The number of amides is 1. The fourth-order valence-electron chi connectivity index (χ4n) is 8.81. The van der Waals surface area contributed by atoms with Gasteiger partial charge in [-0.25, -0.2) is 0 Å². The highest BCUT2D eigenvalue weighted by molar-refractivity contribution is 5.80. The Morgan fingerprint density at radius 2 is 0.935 bits per heavy atom. The summed E-state index contributed by atoms with van der Waals surface area (Å²) in [5.41, 5.74) is 0. The topological polar surface area (TPSA) is 175 Å². The Morgan fingerprint density at radius 3 is 1.43 bits per heavy atom. The van der Waals surface area contributed by atoms with Crippen LogP contribution in [0.25, 0.3) is 0 Å². The Kier molecular flexibility index (Phi) is 49.1. The van der Waals surface area contributed by atoms with Gasteiger partial charge in [0.2, 0.25) is 5.91 Å². The van der Waals surface area contributed by atoms with Gasteiger partial charge in [-0.05, 0) is 103 Å². The molecule has 8 unspecified atom stereocenters. The predicted molar refractivity (Wildman–Crippen MR) is 319 cm³/mol. The molecule has 0 spiro atoms. The zero-order valence-corrected chi connectivity index (χ0v) is 48.5. The third-order valence-electron chi connectivity index (χ3n) is 13.7. The number of aliphatic hydroxyl groups excluding tert-OH is 5. The number of unbranched alkanes of at least 4 members (excludes halogenated alkanes) is 20. The number of aliphatic hydroxyl groups is 5. The number of ether oxygens (including phenoxy) is 3. The summed E-state index contributed by atoms with van der Waals surface area (Å²) in [5, 5.41) is 56.9. The first-order valence-corrected chi connectivity index (χ1v) is 30.7. The van der Waals surface area contributed by atoms with Crippen molar-refractivity contribution < 1.29 is 49.3 Å². The Hall–Kier alpha value is -3.68. The van der Waals surface area contributed by atoms with Crippen molar-refractivity contribution in [3.05, 3.63) is 109 Å². The van der Waals surface area contributed by atoms with Crippen molar-refractivity contribution >= 4 is 11.9 Å². The minimum Gasteiger partial charge on any atom is -0.454 e. The average molecular weight is 1080 g/mol. The Morgan fingerprint density at radius 1 is 0.519 bits per heavy atom. The van der Waals surface area contributed by atoms with Gasteiger partial charge >= 0.3 is 5.97 Å². The molecule has 1 fully saturated rings. The highest BCUT2D eigenvalue weighted by Gasteiger charge is 2.47. The number of carbonyl (C=O) groups excluding carboxylic acids is 2. The van der Waals surface area contributed by atoms with Crippen LogP contribution in [0.15, 0.2) is 109 Å². The van der Waals surface area contributed by atoms with Crippen molar-refractivity contribution in [2.75, 3.05) is 13.2 Å². The molecule has 11 nitrogen and oxygen atoms in total. The fraction of sp³-hybridized carbons (Fsp3) is 0.697. The first kappa shape index (κ1) is 71.3. The highest BCUT2D eigenvalue weighted by Crippen LogP contribution is 2.26. The molecule has 0 saturated carbocycles. The smallest absolute Gasteiger partial charge is 0.306 e. The molecule has 11 heteroatoms. The molecule has 0 aromatic heterocycles. The standard InChI is InChI=1S/C66H111NO10/c1-4-7-10-13-16-19-22-25-27-29-30-31-33-36-39-42-45-48-51-54-61(71)77-64-63(73)62(72)60(55-68)76-66(64)75-56-57(58(69)52-49-46-43-40-37-34-24-21-18-15-12-9-6-3)67-65(74)59(70)53-50-47-44-41-38-35-32-28-26-23-20-17-14-11-8-5-2/h8,11,16-17,19-20,25-28,30-31,35,38,44,47,49,52,57-60,62-64,66,68-70,72-73H,4-7,9-10,12-15,18,21-24,29,32-34,36-37,39-43,45-46,48,50-51,53-56H2,1-3H3,(H,67,74)/b11-8-,19-16-,20-17-,27-25-,28-26-,31-30-,38-35-,47-44-,52-49+. The molecule has 8 atom stereocenters. The zero-order chi connectivity index (χ0) is 56.1. The van der Waals surface area contributed by atoms with Crippen molar-refractivity contribution in [3.8, 4) is 0 Å². The lowest BCUT2D eigenvalue weighted by atomic mass is 9.99. The van der Waals surface area contributed by atoms with E-state index in [0.717, 1.165) is 109 Å². The molecule has 0 aliphatic carbocycles. The van der Waals surface area contributed by atoms with Crippen LogP contribution in [0.3, 0.4) is 0 Å². The number of nitrogens with one attached hydrogen (secondary N) is 1. The van der Waals surface area contributed by atoms with Crippen LogP contribution in [-0.4, -0.2) is 99.6 Å². The summed E-state index contributed by atoms with van der Waals surface area (Å²) in [7, 11) is 0. The van der Waals surface area contributed by atoms with E-state index in [1.54, 1.807) is 6.08 Å². The molecule has 1 amide bonds. The normalized spacial score (nSPS) is 19.8. The number of hydrogen-bond donors (Lipinski definition) is 6. The molecule has 1 heterocycles. The van der Waals surface area contributed by atoms with Gasteiger partial charge in [0, 0.05) is 6.42 Å². The second kappa shape index (κ2) is 53.0. The minimum absolute atomic E-state index is 0.0964. The number of rotatable bonds is 50. The summed E-state index contributed by atoms with van der Waals surface area (Å²) in [6, 6.07) is -1.06. The van der Waals surface area contributed by atoms with Gasteiger partial charge < -0.3 is 45.1 Å². The largest absolute Gasteiger partial charge is 0.454 e. The molecule has 1 rings (SSSR count). The predicted octanol–water partition coefficient (Wildman–Crippen LogP) is 14.5. The van der Waals surface area contributed by atoms with Crippen LogP contribution < -0.4 is 5.32 Å². The number of allylic oxidation sites excluding steroid dienone is 17. The van der Waals surface area contributed by atoms with Gasteiger partial charge in [0.1, 0.15) is 24.4 Å². The molecule has 6 N–H and O–H groups in total. The van der Waals surface area contributed by atoms with E-state index in [1.165, 1.54) is 77.0 Å². The lowest BCUT2D eigenvalue weighted by Gasteiger charge is -2.41. The summed E-state index contributed by atoms with van der Waals surface area (Å²) in [6.45, 7) is 5.59. The lowest BCUT2D eigenvalue weighted by molar-refractivity contribution is -0.305. The number of hydrogen-bond acceptors (Lipinski definition) is 10. The van der Waals surface area contributed by atoms with E-state index in [0.29, 0.717) is 12.8 Å². The van der Waals surface area contributed by atoms with Crippen LogP contribution in [0.1, 0.15) is 233 Å². The van der Waals surface area contributed by atoms with Gasteiger partial charge in [0.05, 0.1) is 25.4 Å². The Labute approximate surface area is 468 Å². The van der Waals surface area contributed by atoms with Crippen molar-refractivity contribution in [2.45, 2.75) is 282 Å². The van der Waals surface area contributed by atoms with Crippen LogP contribution in [-0.2, 0) is 23.8 Å². The third-order valence-corrected chi connectivity index (χ3v) is 13.7. The van der Waals surface area contributed by atoms with E-state index in [1.807, 2.05) is 18.2 Å². The second-order valence-corrected chi connectivity index (χ2v) is 20.7. The SMILES string of the molecule is CC/C=C\C/C=C\C/C=C\C/C=C\C/C=C\CCC(O)C(=O)NC(COC1OC(CO)C(O)C(O)C1OC(=O)CCCCCCCC/C=C\C/C=C\C/C=C\CCCCC)C(O)/C=C/CCCCCCCCCCCCC. The van der Waals surface area contributed by atoms with Gasteiger partial charge in [-0.15, -0.1) is 0 Å². The van der Waals surface area contributed by atoms with Crippen LogP contribution in [0.5, 0.6) is 0 Å². The summed E-state index contributed by atoms with van der Waals surface area (Å²) in [4.78, 5) is 26.5. The molecule has 0 bridgehead atoms. The fourth-order valence-corrected chi connectivity index (χ4v) is 8.81. The van der Waals surface area contributed by atoms with E-state index in [9.17, 15) is 35.1 Å². The van der Waals surface area contributed by atoms with Gasteiger partial charge in [0.25, 0.3) is 0 Å². The van der Waals surface area contributed by atoms with E-state index in [4.69, 9.17) is 14.2 Å². The Bertz CT molecular complexity index is 1660. The van der Waals surface area contributed by atoms with Gasteiger partial charge in [-0.2, -0.15) is 0 Å². The summed E-state index contributed by atoms with van der Waals surface area (Å²) < 4.78 is 17.6. The monoisotopic (exact) mass is 1080 g/mol. The maximum absolute atomic E-state index is 13.4. The maximum Gasteiger partial charge on any atom is 0.306 e. The number of carbonyl (C=O) groups is 2. The first-order valence-electron chi connectivity index (χ1n) is 30.7. The minimum atomic E-state index is -1.64. The Balaban J connectivity index is 2.75.